The van der Waals surface area contributed by atoms with Crippen molar-refractivity contribution in [3.63, 3.8) is 0 Å². The summed E-state index contributed by atoms with van der Waals surface area (Å²) in [7, 11) is 2.09. The first kappa shape index (κ1) is 13.3. The lowest BCUT2D eigenvalue weighted by molar-refractivity contribution is 0.376. The quantitative estimate of drug-likeness (QED) is 0.863. The van der Waals surface area contributed by atoms with E-state index in [2.05, 4.69) is 34.2 Å². The van der Waals surface area contributed by atoms with Crippen molar-refractivity contribution < 1.29 is 0 Å². The van der Waals surface area contributed by atoms with Crippen LogP contribution in [0.4, 0.5) is 5.95 Å². The minimum Gasteiger partial charge on any atom is -0.344 e. The molecule has 2 rings (SSSR count). The van der Waals surface area contributed by atoms with Crippen LogP contribution in [0.5, 0.6) is 0 Å². The van der Waals surface area contributed by atoms with Gasteiger partial charge in [-0.15, -0.1) is 0 Å². The largest absolute Gasteiger partial charge is 0.344 e. The van der Waals surface area contributed by atoms with Gasteiger partial charge in [0.15, 0.2) is 0 Å². The Hall–Kier alpha value is -1.16. The lowest BCUT2D eigenvalue weighted by atomic mass is 9.98. The summed E-state index contributed by atoms with van der Waals surface area (Å²) in [6.45, 7) is 5.54. The third-order valence-corrected chi connectivity index (χ3v) is 3.56. The van der Waals surface area contributed by atoms with Crippen molar-refractivity contribution >= 4 is 5.95 Å². The Balaban J connectivity index is 1.89. The van der Waals surface area contributed by atoms with E-state index in [1.807, 2.05) is 12.4 Å². The van der Waals surface area contributed by atoms with Crippen LogP contribution in [0.3, 0.4) is 0 Å². The molecule has 1 aromatic rings. The average Bonchev–Trinajstić information content (AvgIpc) is 2.41. The zero-order valence-electron chi connectivity index (χ0n) is 11.5. The fourth-order valence-corrected chi connectivity index (χ4v) is 2.50. The van der Waals surface area contributed by atoms with E-state index >= 15 is 0 Å². The third-order valence-electron chi connectivity index (χ3n) is 3.56. The smallest absolute Gasteiger partial charge is 0.224 e. The number of hydrogen-bond acceptors (Lipinski definition) is 4. The SMILES string of the molecule is CCCc1cnc(N(C)CC2CCNCC2)nc1. The van der Waals surface area contributed by atoms with E-state index in [4.69, 9.17) is 0 Å². The number of piperidine rings is 1. The summed E-state index contributed by atoms with van der Waals surface area (Å²) in [4.78, 5) is 11.1. The molecule has 4 nitrogen and oxygen atoms in total. The van der Waals surface area contributed by atoms with Crippen LogP contribution in [-0.2, 0) is 6.42 Å². The first-order valence-corrected chi connectivity index (χ1v) is 7.02. The second kappa shape index (κ2) is 6.69. The summed E-state index contributed by atoms with van der Waals surface area (Å²) >= 11 is 0. The fourth-order valence-electron chi connectivity index (χ4n) is 2.50. The van der Waals surface area contributed by atoms with Gasteiger partial charge >= 0.3 is 0 Å². The Morgan fingerprint density at radius 1 is 1.28 bits per heavy atom. The molecule has 4 heteroatoms. The Kier molecular flexibility index (Phi) is 4.93. The van der Waals surface area contributed by atoms with Crippen molar-refractivity contribution in [3.8, 4) is 0 Å². The van der Waals surface area contributed by atoms with Gasteiger partial charge in [-0.2, -0.15) is 0 Å². The zero-order chi connectivity index (χ0) is 12.8. The maximum atomic E-state index is 4.46. The van der Waals surface area contributed by atoms with Gasteiger partial charge in [0.1, 0.15) is 0 Å². The highest BCUT2D eigenvalue weighted by atomic mass is 15.2. The molecular weight excluding hydrogens is 224 g/mol. The van der Waals surface area contributed by atoms with Crippen molar-refractivity contribution in [2.75, 3.05) is 31.6 Å². The van der Waals surface area contributed by atoms with E-state index in [0.717, 1.165) is 44.3 Å². The van der Waals surface area contributed by atoms with E-state index in [9.17, 15) is 0 Å². The molecule has 1 aliphatic heterocycles. The predicted octanol–water partition coefficient (Wildman–Crippen LogP) is 1.86. The van der Waals surface area contributed by atoms with Crippen LogP contribution >= 0.6 is 0 Å². The average molecular weight is 248 g/mol. The number of aryl methyl sites for hydroxylation is 1. The van der Waals surface area contributed by atoms with Crippen LogP contribution in [0, 0.1) is 5.92 Å². The Labute approximate surface area is 110 Å². The van der Waals surface area contributed by atoms with E-state index in [-0.39, 0.29) is 0 Å². The highest BCUT2D eigenvalue weighted by molar-refractivity contribution is 5.28. The molecule has 1 aromatic heterocycles. The first-order valence-electron chi connectivity index (χ1n) is 7.02. The van der Waals surface area contributed by atoms with Crippen LogP contribution in [0.2, 0.25) is 0 Å². The molecule has 0 saturated carbocycles. The van der Waals surface area contributed by atoms with Gasteiger partial charge in [-0.25, -0.2) is 9.97 Å². The van der Waals surface area contributed by atoms with Crippen LogP contribution in [0.1, 0.15) is 31.7 Å². The summed E-state index contributed by atoms with van der Waals surface area (Å²) in [5.74, 6) is 1.63. The van der Waals surface area contributed by atoms with Crippen LogP contribution < -0.4 is 10.2 Å². The summed E-state index contributed by atoms with van der Waals surface area (Å²) in [5, 5.41) is 3.40. The minimum atomic E-state index is 0.773. The highest BCUT2D eigenvalue weighted by Crippen LogP contribution is 2.15. The molecule has 0 aliphatic carbocycles. The second-order valence-electron chi connectivity index (χ2n) is 5.22. The lowest BCUT2D eigenvalue weighted by Crippen LogP contribution is -2.35. The highest BCUT2D eigenvalue weighted by Gasteiger charge is 2.16. The standard InChI is InChI=1S/C14H24N4/c1-3-4-13-9-16-14(17-10-13)18(2)11-12-5-7-15-8-6-12/h9-10,12,15H,3-8,11H2,1-2H3. The second-order valence-corrected chi connectivity index (χ2v) is 5.22. The van der Waals surface area contributed by atoms with Crippen molar-refractivity contribution in [2.24, 2.45) is 5.92 Å². The van der Waals surface area contributed by atoms with Gasteiger partial charge < -0.3 is 10.2 Å². The molecule has 0 bridgehead atoms. The molecule has 0 aromatic carbocycles. The number of rotatable bonds is 5. The first-order chi connectivity index (χ1) is 8.79. The van der Waals surface area contributed by atoms with E-state index in [1.54, 1.807) is 0 Å². The van der Waals surface area contributed by atoms with Gasteiger partial charge in [-0.1, -0.05) is 13.3 Å². The monoisotopic (exact) mass is 248 g/mol. The van der Waals surface area contributed by atoms with Gasteiger partial charge in [0.25, 0.3) is 0 Å². The number of nitrogens with one attached hydrogen (secondary N) is 1. The van der Waals surface area contributed by atoms with Crippen molar-refractivity contribution in [1.82, 2.24) is 15.3 Å². The summed E-state index contributed by atoms with van der Waals surface area (Å²) in [6.07, 6.45) is 8.66. The lowest BCUT2D eigenvalue weighted by Gasteiger charge is -2.27. The molecule has 0 unspecified atom stereocenters. The third kappa shape index (κ3) is 3.67. The molecule has 1 aliphatic rings. The minimum absolute atomic E-state index is 0.773. The molecule has 1 fully saturated rings. The van der Waals surface area contributed by atoms with Crippen molar-refractivity contribution in [1.29, 1.82) is 0 Å². The van der Waals surface area contributed by atoms with Crippen molar-refractivity contribution in [2.45, 2.75) is 32.6 Å². The Bertz CT molecular complexity index is 343. The van der Waals surface area contributed by atoms with E-state index < -0.39 is 0 Å². The maximum Gasteiger partial charge on any atom is 0.224 e. The number of hydrogen-bond donors (Lipinski definition) is 1. The molecule has 0 atom stereocenters. The van der Waals surface area contributed by atoms with E-state index in [1.165, 1.54) is 18.4 Å². The molecule has 2 heterocycles. The molecule has 0 radical (unpaired) electrons. The summed E-state index contributed by atoms with van der Waals surface area (Å²) in [5.41, 5.74) is 1.23. The predicted molar refractivity (Wildman–Crippen MR) is 74.9 cm³/mol. The summed E-state index contributed by atoms with van der Waals surface area (Å²) < 4.78 is 0. The van der Waals surface area contributed by atoms with Gasteiger partial charge in [-0.3, -0.25) is 0 Å². The number of aromatic nitrogens is 2. The Morgan fingerprint density at radius 2 is 1.94 bits per heavy atom. The topological polar surface area (TPSA) is 41.1 Å². The fraction of sp³-hybridized carbons (Fsp3) is 0.714. The molecule has 18 heavy (non-hydrogen) atoms. The van der Waals surface area contributed by atoms with Gasteiger partial charge in [0.2, 0.25) is 5.95 Å². The normalized spacial score (nSPS) is 16.8. The van der Waals surface area contributed by atoms with Gasteiger partial charge in [-0.05, 0) is 43.8 Å². The number of anilines is 1. The van der Waals surface area contributed by atoms with Crippen LogP contribution in [0.15, 0.2) is 12.4 Å². The van der Waals surface area contributed by atoms with Gasteiger partial charge in [0, 0.05) is 26.0 Å². The molecule has 0 amide bonds. The van der Waals surface area contributed by atoms with Crippen LogP contribution in [-0.4, -0.2) is 36.6 Å². The molecule has 100 valence electrons. The molecule has 1 saturated heterocycles. The summed E-state index contributed by atoms with van der Waals surface area (Å²) in [6, 6.07) is 0. The maximum absolute atomic E-state index is 4.46. The zero-order valence-corrected chi connectivity index (χ0v) is 11.5. The van der Waals surface area contributed by atoms with Crippen LogP contribution in [0.25, 0.3) is 0 Å². The molecular formula is C14H24N4. The van der Waals surface area contributed by atoms with Gasteiger partial charge in [0.05, 0.1) is 0 Å². The van der Waals surface area contributed by atoms with E-state index in [0.29, 0.717) is 0 Å². The molecule has 0 spiro atoms. The van der Waals surface area contributed by atoms with Crippen molar-refractivity contribution in [3.05, 3.63) is 18.0 Å². The molecule has 1 N–H and O–H groups in total. The number of nitrogens with zero attached hydrogens (tertiary/aromatic N) is 3. The Morgan fingerprint density at radius 3 is 2.56 bits per heavy atom.